The van der Waals surface area contributed by atoms with Crippen LogP contribution in [0.15, 0.2) is 12.1 Å². The number of likely N-dealkylation sites (tertiary alicyclic amines) is 1. The minimum absolute atomic E-state index is 0.441. The van der Waals surface area contributed by atoms with Crippen LogP contribution in [-0.4, -0.2) is 44.8 Å². The van der Waals surface area contributed by atoms with Crippen LogP contribution in [0, 0.1) is 0 Å². The van der Waals surface area contributed by atoms with Crippen molar-refractivity contribution in [3.63, 3.8) is 0 Å². The second-order valence-corrected chi connectivity index (χ2v) is 5.79. The predicted octanol–water partition coefficient (Wildman–Crippen LogP) is 3.25. The van der Waals surface area contributed by atoms with Gasteiger partial charge >= 0.3 is 0 Å². The fourth-order valence-corrected chi connectivity index (χ4v) is 2.81. The summed E-state index contributed by atoms with van der Waals surface area (Å²) < 4.78 is 10.6. The third-order valence-corrected chi connectivity index (χ3v) is 4.35. The number of ether oxygens (including phenoxy) is 2. The van der Waals surface area contributed by atoms with Gasteiger partial charge in [0, 0.05) is 30.8 Å². The summed E-state index contributed by atoms with van der Waals surface area (Å²) >= 11 is 6.31. The molecule has 20 heavy (non-hydrogen) atoms. The van der Waals surface area contributed by atoms with Gasteiger partial charge in [-0.1, -0.05) is 11.6 Å². The molecule has 0 aromatic heterocycles. The van der Waals surface area contributed by atoms with Gasteiger partial charge in [0.2, 0.25) is 0 Å². The Bertz CT molecular complexity index is 467. The van der Waals surface area contributed by atoms with Crippen LogP contribution in [-0.2, 0) is 0 Å². The van der Waals surface area contributed by atoms with E-state index < -0.39 is 0 Å². The van der Waals surface area contributed by atoms with E-state index in [4.69, 9.17) is 21.1 Å². The predicted molar refractivity (Wildman–Crippen MR) is 83.3 cm³/mol. The molecule has 0 amide bonds. The minimum atomic E-state index is 0.441. The van der Waals surface area contributed by atoms with Gasteiger partial charge in [0.05, 0.1) is 24.9 Å². The van der Waals surface area contributed by atoms with Gasteiger partial charge in [-0.3, -0.25) is 0 Å². The first-order valence-electron chi connectivity index (χ1n) is 6.93. The molecule has 0 radical (unpaired) electrons. The first-order valence-corrected chi connectivity index (χ1v) is 7.31. The molecule has 5 heteroatoms. The molecule has 1 saturated heterocycles. The highest BCUT2D eigenvalue weighted by molar-refractivity contribution is 6.33. The fourth-order valence-electron chi connectivity index (χ4n) is 2.61. The molecular weight excluding hydrogens is 276 g/mol. The number of rotatable bonds is 4. The molecule has 112 valence electrons. The number of nitrogens with one attached hydrogen (secondary N) is 1. The highest BCUT2D eigenvalue weighted by Crippen LogP contribution is 2.37. The number of methoxy groups -OCH3 is 2. The van der Waals surface area contributed by atoms with Crippen molar-refractivity contribution in [2.24, 2.45) is 0 Å². The molecule has 0 saturated carbocycles. The van der Waals surface area contributed by atoms with Crippen molar-refractivity contribution < 1.29 is 9.47 Å². The Morgan fingerprint density at radius 3 is 2.50 bits per heavy atom. The van der Waals surface area contributed by atoms with E-state index in [0.717, 1.165) is 25.1 Å². The highest BCUT2D eigenvalue weighted by Gasteiger charge is 2.23. The molecule has 1 heterocycles. The Morgan fingerprint density at radius 2 is 1.90 bits per heavy atom. The molecule has 2 rings (SSSR count). The highest BCUT2D eigenvalue weighted by atomic mass is 35.5. The van der Waals surface area contributed by atoms with Crippen molar-refractivity contribution in [3.05, 3.63) is 17.2 Å². The summed E-state index contributed by atoms with van der Waals surface area (Å²) in [4.78, 5) is 2.38. The molecule has 0 spiro atoms. The summed E-state index contributed by atoms with van der Waals surface area (Å²) in [5.41, 5.74) is 0.908. The number of piperidine rings is 1. The van der Waals surface area contributed by atoms with Gasteiger partial charge in [-0.15, -0.1) is 0 Å². The number of benzene rings is 1. The van der Waals surface area contributed by atoms with Crippen LogP contribution in [0.25, 0.3) is 0 Å². The second-order valence-electron chi connectivity index (χ2n) is 5.38. The summed E-state index contributed by atoms with van der Waals surface area (Å²) in [6.07, 6.45) is 2.23. The molecule has 1 aromatic rings. The Kier molecular flexibility index (Phi) is 5.00. The van der Waals surface area contributed by atoms with E-state index in [9.17, 15) is 0 Å². The van der Waals surface area contributed by atoms with Crippen LogP contribution in [0.1, 0.15) is 19.8 Å². The van der Waals surface area contributed by atoms with Gasteiger partial charge in [-0.25, -0.2) is 0 Å². The Labute approximate surface area is 126 Å². The topological polar surface area (TPSA) is 33.7 Å². The van der Waals surface area contributed by atoms with Crippen molar-refractivity contribution in [1.82, 2.24) is 4.90 Å². The van der Waals surface area contributed by atoms with E-state index in [-0.39, 0.29) is 0 Å². The van der Waals surface area contributed by atoms with Gasteiger partial charge in [-0.2, -0.15) is 0 Å². The maximum atomic E-state index is 6.31. The van der Waals surface area contributed by atoms with Crippen molar-refractivity contribution in [2.45, 2.75) is 31.8 Å². The average molecular weight is 299 g/mol. The van der Waals surface area contributed by atoms with Crippen LogP contribution in [0.4, 0.5) is 5.69 Å². The molecular formula is C15H23ClN2O2. The van der Waals surface area contributed by atoms with E-state index in [0.29, 0.717) is 28.6 Å². The largest absolute Gasteiger partial charge is 0.493 e. The first-order chi connectivity index (χ1) is 9.55. The lowest BCUT2D eigenvalue weighted by atomic mass is 9.98. The van der Waals surface area contributed by atoms with Gasteiger partial charge in [0.1, 0.15) is 0 Å². The second kappa shape index (κ2) is 6.55. The number of anilines is 1. The summed E-state index contributed by atoms with van der Waals surface area (Å²) in [6.45, 7) is 3.35. The van der Waals surface area contributed by atoms with Crippen molar-refractivity contribution in [1.29, 1.82) is 0 Å². The molecule has 1 fully saturated rings. The molecule has 1 aliphatic heterocycles. The maximum Gasteiger partial charge on any atom is 0.162 e. The zero-order valence-corrected chi connectivity index (χ0v) is 13.3. The normalized spacial score (nSPS) is 23.4. The van der Waals surface area contributed by atoms with Gasteiger partial charge in [-0.05, 0) is 26.8 Å². The third-order valence-electron chi connectivity index (χ3n) is 4.04. The molecule has 4 nitrogen and oxygen atoms in total. The Morgan fingerprint density at radius 1 is 1.25 bits per heavy atom. The number of nitrogens with zero attached hydrogens (tertiary/aromatic N) is 1. The fraction of sp³-hybridized carbons (Fsp3) is 0.600. The average Bonchev–Trinajstić information content (AvgIpc) is 2.44. The van der Waals surface area contributed by atoms with Crippen LogP contribution < -0.4 is 14.8 Å². The zero-order valence-electron chi connectivity index (χ0n) is 12.6. The van der Waals surface area contributed by atoms with Crippen molar-refractivity contribution in [3.8, 4) is 11.5 Å². The van der Waals surface area contributed by atoms with E-state index >= 15 is 0 Å². The molecule has 2 atom stereocenters. The van der Waals surface area contributed by atoms with Crippen LogP contribution >= 0.6 is 11.6 Å². The summed E-state index contributed by atoms with van der Waals surface area (Å²) in [7, 11) is 5.41. The number of hydrogen-bond acceptors (Lipinski definition) is 4. The van der Waals surface area contributed by atoms with Gasteiger partial charge in [0.25, 0.3) is 0 Å². The molecule has 2 unspecified atom stereocenters. The number of halogens is 1. The summed E-state index contributed by atoms with van der Waals surface area (Å²) in [5, 5.41) is 4.19. The molecule has 1 N–H and O–H groups in total. The van der Waals surface area contributed by atoms with E-state index in [2.05, 4.69) is 24.2 Å². The Balaban J connectivity index is 2.13. The lowest BCUT2D eigenvalue weighted by molar-refractivity contribution is 0.190. The van der Waals surface area contributed by atoms with Gasteiger partial charge in [0.15, 0.2) is 11.5 Å². The quantitative estimate of drug-likeness (QED) is 0.925. The van der Waals surface area contributed by atoms with E-state index in [1.54, 1.807) is 20.3 Å². The maximum absolute atomic E-state index is 6.31. The van der Waals surface area contributed by atoms with Crippen molar-refractivity contribution in [2.75, 3.05) is 33.1 Å². The third kappa shape index (κ3) is 3.30. The van der Waals surface area contributed by atoms with Crippen LogP contribution in [0.5, 0.6) is 11.5 Å². The smallest absolute Gasteiger partial charge is 0.162 e. The minimum Gasteiger partial charge on any atom is -0.493 e. The lowest BCUT2D eigenvalue weighted by Gasteiger charge is -2.36. The lowest BCUT2D eigenvalue weighted by Crippen LogP contribution is -2.42. The van der Waals surface area contributed by atoms with Crippen LogP contribution in [0.2, 0.25) is 5.02 Å². The van der Waals surface area contributed by atoms with Crippen LogP contribution in [0.3, 0.4) is 0 Å². The monoisotopic (exact) mass is 298 g/mol. The molecule has 0 aliphatic carbocycles. The summed E-state index contributed by atoms with van der Waals surface area (Å²) in [5.74, 6) is 1.35. The van der Waals surface area contributed by atoms with Crippen molar-refractivity contribution >= 4 is 17.3 Å². The van der Waals surface area contributed by atoms with E-state index in [1.165, 1.54) is 0 Å². The summed E-state index contributed by atoms with van der Waals surface area (Å²) in [6, 6.07) is 4.72. The SMILES string of the molecule is COc1cc(Cl)c(NC2CCN(C)C(C)C2)cc1OC. The zero-order chi connectivity index (χ0) is 14.7. The molecule has 1 aliphatic rings. The van der Waals surface area contributed by atoms with E-state index in [1.807, 2.05) is 6.07 Å². The standard InChI is InChI=1S/C15H23ClN2O2/c1-10-7-11(5-6-18(10)2)17-13-9-15(20-4)14(19-3)8-12(13)16/h8-11,17H,5-7H2,1-4H3. The molecule has 1 aromatic carbocycles. The number of hydrogen-bond donors (Lipinski definition) is 1. The Hall–Kier alpha value is -1.13. The molecule has 0 bridgehead atoms. The van der Waals surface area contributed by atoms with Gasteiger partial charge < -0.3 is 19.7 Å². The first kappa shape index (κ1) is 15.3.